The average Bonchev–Trinajstić information content (AvgIpc) is 2.36. The van der Waals surface area contributed by atoms with Crippen molar-refractivity contribution in [1.82, 2.24) is 0 Å². The second-order valence-electron chi connectivity index (χ2n) is 4.97. The van der Waals surface area contributed by atoms with Crippen molar-refractivity contribution >= 4 is 11.7 Å². The summed E-state index contributed by atoms with van der Waals surface area (Å²) in [5.74, 6) is -0.0634. The molecule has 0 fully saturated rings. The Bertz CT molecular complexity index is 702. The molecule has 0 heterocycles. The van der Waals surface area contributed by atoms with Gasteiger partial charge in [-0.05, 0) is 56.2 Å². The number of ether oxygens (including phenoxy) is 1. The second kappa shape index (κ2) is 5.75. The molecule has 0 radical (unpaired) electrons. The molecular formula is C16H15NO4. The van der Waals surface area contributed by atoms with E-state index in [1.54, 1.807) is 19.1 Å². The third kappa shape index (κ3) is 3.45. The lowest BCUT2D eigenvalue weighted by Gasteiger charge is -2.07. The van der Waals surface area contributed by atoms with Gasteiger partial charge in [0, 0.05) is 11.6 Å². The Hall–Kier alpha value is -2.69. The minimum atomic E-state index is -0.530. The monoisotopic (exact) mass is 285 g/mol. The van der Waals surface area contributed by atoms with Gasteiger partial charge in [0.2, 0.25) is 0 Å². The molecule has 0 unspecified atom stereocenters. The van der Waals surface area contributed by atoms with Gasteiger partial charge in [0.25, 0.3) is 5.69 Å². The largest absolute Gasteiger partial charge is 0.423 e. The minimum absolute atomic E-state index is 0.0158. The van der Waals surface area contributed by atoms with E-state index >= 15 is 0 Å². The summed E-state index contributed by atoms with van der Waals surface area (Å²) in [6.07, 6.45) is 0. The van der Waals surface area contributed by atoms with Gasteiger partial charge in [0.1, 0.15) is 5.75 Å². The molecule has 5 nitrogen and oxygen atoms in total. The van der Waals surface area contributed by atoms with Crippen LogP contribution in [-0.4, -0.2) is 10.9 Å². The molecule has 0 saturated heterocycles. The van der Waals surface area contributed by atoms with Gasteiger partial charge in [0.05, 0.1) is 10.5 Å². The number of rotatable bonds is 3. The van der Waals surface area contributed by atoms with Crippen LogP contribution in [0.15, 0.2) is 36.4 Å². The van der Waals surface area contributed by atoms with E-state index < -0.39 is 10.9 Å². The van der Waals surface area contributed by atoms with E-state index in [1.165, 1.54) is 18.2 Å². The Kier molecular flexibility index (Phi) is 4.03. The van der Waals surface area contributed by atoms with Crippen molar-refractivity contribution in [2.45, 2.75) is 20.8 Å². The van der Waals surface area contributed by atoms with Crippen molar-refractivity contribution in [3.05, 3.63) is 68.8 Å². The van der Waals surface area contributed by atoms with Crippen LogP contribution in [0.3, 0.4) is 0 Å². The van der Waals surface area contributed by atoms with Crippen molar-refractivity contribution in [3.63, 3.8) is 0 Å². The van der Waals surface area contributed by atoms with Gasteiger partial charge in [-0.3, -0.25) is 10.1 Å². The van der Waals surface area contributed by atoms with E-state index in [1.807, 2.05) is 19.9 Å². The number of nitrogens with zero attached hydrogens (tertiary/aromatic N) is 1. The van der Waals surface area contributed by atoms with E-state index in [-0.39, 0.29) is 11.3 Å². The normalized spacial score (nSPS) is 10.2. The summed E-state index contributed by atoms with van der Waals surface area (Å²) >= 11 is 0. The number of nitro benzene ring substituents is 1. The van der Waals surface area contributed by atoms with Crippen LogP contribution in [0, 0.1) is 30.9 Å². The summed E-state index contributed by atoms with van der Waals surface area (Å²) in [5.41, 5.74) is 2.69. The molecule has 0 atom stereocenters. The highest BCUT2D eigenvalue weighted by Gasteiger charge is 2.15. The topological polar surface area (TPSA) is 69.4 Å². The number of carbonyl (C=O) groups is 1. The highest BCUT2D eigenvalue weighted by atomic mass is 16.6. The van der Waals surface area contributed by atoms with Crippen molar-refractivity contribution in [2.75, 3.05) is 0 Å². The van der Waals surface area contributed by atoms with Gasteiger partial charge in [0.15, 0.2) is 0 Å². The second-order valence-corrected chi connectivity index (χ2v) is 4.97. The zero-order valence-corrected chi connectivity index (χ0v) is 12.0. The summed E-state index contributed by atoms with van der Waals surface area (Å²) < 4.78 is 5.31. The maximum absolute atomic E-state index is 12.1. The zero-order valence-electron chi connectivity index (χ0n) is 12.0. The van der Waals surface area contributed by atoms with Crippen LogP contribution >= 0.6 is 0 Å². The standard InChI is InChI=1S/C16H15NO4/c1-10-6-11(2)8-14(7-10)21-16(18)13-4-5-15(17(19)20)12(3)9-13/h4-9H,1-3H3. The molecule has 0 saturated carbocycles. The summed E-state index contributed by atoms with van der Waals surface area (Å²) in [6.45, 7) is 5.42. The number of esters is 1. The first kappa shape index (κ1) is 14.7. The van der Waals surface area contributed by atoms with Gasteiger partial charge in [-0.1, -0.05) is 6.07 Å². The molecule has 0 aliphatic rings. The smallest absolute Gasteiger partial charge is 0.343 e. The van der Waals surface area contributed by atoms with Gasteiger partial charge < -0.3 is 4.74 Å². The van der Waals surface area contributed by atoms with E-state index in [0.29, 0.717) is 11.3 Å². The summed E-state index contributed by atoms with van der Waals surface area (Å²) in [4.78, 5) is 22.4. The van der Waals surface area contributed by atoms with Gasteiger partial charge in [-0.15, -0.1) is 0 Å². The zero-order chi connectivity index (χ0) is 15.6. The van der Waals surface area contributed by atoms with Crippen molar-refractivity contribution in [2.24, 2.45) is 0 Å². The van der Waals surface area contributed by atoms with Crippen molar-refractivity contribution in [1.29, 1.82) is 0 Å². The summed E-state index contributed by atoms with van der Waals surface area (Å²) in [7, 11) is 0. The van der Waals surface area contributed by atoms with Crippen LogP contribution in [0.25, 0.3) is 0 Å². The van der Waals surface area contributed by atoms with Gasteiger partial charge in [-0.25, -0.2) is 4.79 Å². The number of nitro groups is 1. The number of benzene rings is 2. The Morgan fingerprint density at radius 3 is 2.19 bits per heavy atom. The van der Waals surface area contributed by atoms with Crippen LogP contribution in [-0.2, 0) is 0 Å². The molecule has 108 valence electrons. The molecular weight excluding hydrogens is 270 g/mol. The lowest BCUT2D eigenvalue weighted by Crippen LogP contribution is -2.09. The minimum Gasteiger partial charge on any atom is -0.423 e. The third-order valence-corrected chi connectivity index (χ3v) is 3.03. The highest BCUT2D eigenvalue weighted by Crippen LogP contribution is 2.21. The molecule has 0 aromatic heterocycles. The first-order valence-corrected chi connectivity index (χ1v) is 6.42. The molecule has 0 aliphatic heterocycles. The SMILES string of the molecule is Cc1cc(C)cc(OC(=O)c2ccc([N+](=O)[O-])c(C)c2)c1. The molecule has 21 heavy (non-hydrogen) atoms. The van der Waals surface area contributed by atoms with Crippen LogP contribution in [0.4, 0.5) is 5.69 Å². The Morgan fingerprint density at radius 2 is 1.67 bits per heavy atom. The maximum Gasteiger partial charge on any atom is 0.343 e. The molecule has 2 aromatic rings. The predicted octanol–water partition coefficient (Wildman–Crippen LogP) is 3.74. The Morgan fingerprint density at radius 1 is 1.05 bits per heavy atom. The number of carbonyl (C=O) groups excluding carboxylic acids is 1. The molecule has 0 spiro atoms. The third-order valence-electron chi connectivity index (χ3n) is 3.03. The summed E-state index contributed by atoms with van der Waals surface area (Å²) in [5, 5.41) is 10.8. The number of hydrogen-bond donors (Lipinski definition) is 0. The van der Waals surface area contributed by atoms with Gasteiger partial charge in [-0.2, -0.15) is 0 Å². The summed E-state index contributed by atoms with van der Waals surface area (Å²) in [6, 6.07) is 9.69. The predicted molar refractivity (Wildman–Crippen MR) is 78.7 cm³/mol. The lowest BCUT2D eigenvalue weighted by atomic mass is 10.1. The van der Waals surface area contributed by atoms with Crippen molar-refractivity contribution in [3.8, 4) is 5.75 Å². The lowest BCUT2D eigenvalue weighted by molar-refractivity contribution is -0.385. The van der Waals surface area contributed by atoms with E-state index in [2.05, 4.69) is 0 Å². The van der Waals surface area contributed by atoms with Crippen LogP contribution in [0.1, 0.15) is 27.0 Å². The van der Waals surface area contributed by atoms with Crippen LogP contribution in [0.5, 0.6) is 5.75 Å². The van der Waals surface area contributed by atoms with Crippen LogP contribution < -0.4 is 4.74 Å². The van der Waals surface area contributed by atoms with E-state index in [4.69, 9.17) is 4.74 Å². The fourth-order valence-corrected chi connectivity index (χ4v) is 2.15. The quantitative estimate of drug-likeness (QED) is 0.373. The molecule has 0 N–H and O–H groups in total. The average molecular weight is 285 g/mol. The Balaban J connectivity index is 2.24. The maximum atomic E-state index is 12.1. The van der Waals surface area contributed by atoms with Gasteiger partial charge >= 0.3 is 5.97 Å². The molecule has 2 rings (SSSR count). The first-order valence-electron chi connectivity index (χ1n) is 6.42. The fourth-order valence-electron chi connectivity index (χ4n) is 2.15. The fraction of sp³-hybridized carbons (Fsp3) is 0.188. The molecule has 5 heteroatoms. The molecule has 0 amide bonds. The van der Waals surface area contributed by atoms with Crippen molar-refractivity contribution < 1.29 is 14.5 Å². The number of aryl methyl sites for hydroxylation is 3. The van der Waals surface area contributed by atoms with E-state index in [9.17, 15) is 14.9 Å². The van der Waals surface area contributed by atoms with Crippen LogP contribution in [0.2, 0.25) is 0 Å². The highest BCUT2D eigenvalue weighted by molar-refractivity contribution is 5.91. The number of hydrogen-bond acceptors (Lipinski definition) is 4. The molecule has 0 aliphatic carbocycles. The first-order chi connectivity index (χ1) is 9.86. The Labute approximate surface area is 122 Å². The molecule has 0 bridgehead atoms. The molecule has 2 aromatic carbocycles. The van der Waals surface area contributed by atoms with E-state index in [0.717, 1.165) is 11.1 Å².